The van der Waals surface area contributed by atoms with Crippen LogP contribution < -0.4 is 10.1 Å². The third-order valence-corrected chi connectivity index (χ3v) is 4.27. The first-order valence-electron chi connectivity index (χ1n) is 8.72. The van der Waals surface area contributed by atoms with E-state index in [1.54, 1.807) is 12.1 Å². The molecule has 5 heteroatoms. The smallest absolute Gasteiger partial charge is 0.238 e. The summed E-state index contributed by atoms with van der Waals surface area (Å²) in [6.07, 6.45) is 0. The van der Waals surface area contributed by atoms with Gasteiger partial charge in [-0.2, -0.15) is 0 Å². The molecule has 2 aromatic rings. The summed E-state index contributed by atoms with van der Waals surface area (Å²) in [5.41, 5.74) is 3.84. The van der Waals surface area contributed by atoms with E-state index in [-0.39, 0.29) is 18.2 Å². The highest BCUT2D eigenvalue weighted by molar-refractivity contribution is 5.93. The van der Waals surface area contributed by atoms with Crippen molar-refractivity contribution >= 4 is 11.6 Å². The van der Waals surface area contributed by atoms with Gasteiger partial charge in [-0.05, 0) is 48.7 Å². The Bertz CT molecular complexity index is 775. The summed E-state index contributed by atoms with van der Waals surface area (Å²) in [5, 5.41) is 3.03. The molecule has 1 N–H and O–H groups in total. The molecule has 0 aliphatic heterocycles. The van der Waals surface area contributed by atoms with E-state index in [4.69, 9.17) is 4.74 Å². The Balaban J connectivity index is 2.01. The number of benzene rings is 2. The lowest BCUT2D eigenvalue weighted by atomic mass is 9.98. The molecular weight excluding hydrogens is 331 g/mol. The van der Waals surface area contributed by atoms with E-state index in [9.17, 15) is 9.18 Å². The van der Waals surface area contributed by atoms with Gasteiger partial charge in [0.2, 0.25) is 5.91 Å². The van der Waals surface area contributed by atoms with Crippen LogP contribution in [0.25, 0.3) is 0 Å². The average Bonchev–Trinajstić information content (AvgIpc) is 2.56. The highest BCUT2D eigenvalue weighted by atomic mass is 19.1. The first-order valence-corrected chi connectivity index (χ1v) is 8.72. The van der Waals surface area contributed by atoms with Crippen molar-refractivity contribution in [3.63, 3.8) is 0 Å². The van der Waals surface area contributed by atoms with Crippen molar-refractivity contribution in [3.8, 4) is 5.75 Å². The van der Waals surface area contributed by atoms with Gasteiger partial charge in [0.25, 0.3) is 0 Å². The van der Waals surface area contributed by atoms with E-state index in [1.165, 1.54) is 13.2 Å². The number of hydrogen-bond acceptors (Lipinski definition) is 3. The zero-order chi connectivity index (χ0) is 19.3. The van der Waals surface area contributed by atoms with Crippen molar-refractivity contribution in [3.05, 3.63) is 58.9 Å². The number of likely N-dealkylation sites (N-methyl/N-ethyl adjacent to an activating group) is 1. The number of anilines is 1. The minimum absolute atomic E-state index is 0.0855. The van der Waals surface area contributed by atoms with Gasteiger partial charge in [-0.3, -0.25) is 9.69 Å². The lowest BCUT2D eigenvalue weighted by molar-refractivity contribution is -0.117. The van der Waals surface area contributed by atoms with Gasteiger partial charge >= 0.3 is 0 Å². The molecule has 0 saturated carbocycles. The van der Waals surface area contributed by atoms with Crippen LogP contribution in [0.1, 0.15) is 36.5 Å². The van der Waals surface area contributed by atoms with E-state index >= 15 is 0 Å². The number of para-hydroxylation sites is 1. The van der Waals surface area contributed by atoms with Crippen LogP contribution in [-0.4, -0.2) is 31.5 Å². The number of carbonyl (C=O) groups excluding carboxylic acids is 1. The topological polar surface area (TPSA) is 41.6 Å². The molecule has 0 aliphatic carbocycles. The maximum Gasteiger partial charge on any atom is 0.238 e. The number of hydrogen-bond donors (Lipinski definition) is 1. The number of nitrogens with one attached hydrogen (secondary N) is 1. The largest absolute Gasteiger partial charge is 0.494 e. The van der Waals surface area contributed by atoms with Gasteiger partial charge in [-0.15, -0.1) is 0 Å². The molecule has 26 heavy (non-hydrogen) atoms. The van der Waals surface area contributed by atoms with Crippen LogP contribution in [0.5, 0.6) is 5.75 Å². The predicted molar refractivity (Wildman–Crippen MR) is 103 cm³/mol. The zero-order valence-corrected chi connectivity index (χ0v) is 16.1. The number of carbonyl (C=O) groups is 1. The number of rotatable bonds is 7. The number of amides is 1. The van der Waals surface area contributed by atoms with Crippen LogP contribution >= 0.6 is 0 Å². The molecule has 1 amide bonds. The molecule has 0 fully saturated rings. The number of nitrogens with zero attached hydrogens (tertiary/aromatic N) is 1. The summed E-state index contributed by atoms with van der Waals surface area (Å²) in [6.45, 7) is 6.90. The molecule has 0 spiro atoms. The molecule has 0 radical (unpaired) electrons. The quantitative estimate of drug-likeness (QED) is 0.801. The van der Waals surface area contributed by atoms with Crippen LogP contribution in [-0.2, 0) is 11.3 Å². The van der Waals surface area contributed by atoms with Crippen molar-refractivity contribution in [1.29, 1.82) is 0 Å². The Labute approximate surface area is 155 Å². The van der Waals surface area contributed by atoms with Crippen LogP contribution in [0.2, 0.25) is 0 Å². The second kappa shape index (κ2) is 8.81. The van der Waals surface area contributed by atoms with Gasteiger partial charge in [0, 0.05) is 12.2 Å². The lowest BCUT2D eigenvalue weighted by Gasteiger charge is -2.20. The fourth-order valence-corrected chi connectivity index (χ4v) is 2.94. The molecule has 0 heterocycles. The number of methoxy groups -OCH3 is 1. The van der Waals surface area contributed by atoms with Gasteiger partial charge in [-0.25, -0.2) is 4.39 Å². The predicted octanol–water partition coefficient (Wildman–Crippen LogP) is 4.34. The molecule has 140 valence electrons. The van der Waals surface area contributed by atoms with Crippen LogP contribution in [0.3, 0.4) is 0 Å². The number of halogens is 1. The fourth-order valence-electron chi connectivity index (χ4n) is 2.94. The van der Waals surface area contributed by atoms with Crippen molar-refractivity contribution in [2.45, 2.75) is 33.2 Å². The monoisotopic (exact) mass is 358 g/mol. The van der Waals surface area contributed by atoms with Crippen molar-refractivity contribution in [2.24, 2.45) is 0 Å². The highest BCUT2D eigenvalue weighted by Crippen LogP contribution is 2.27. The van der Waals surface area contributed by atoms with Gasteiger partial charge in [0.1, 0.15) is 0 Å². The average molecular weight is 358 g/mol. The zero-order valence-electron chi connectivity index (χ0n) is 16.1. The molecule has 0 aliphatic rings. The Hall–Kier alpha value is -2.40. The highest BCUT2D eigenvalue weighted by Gasteiger charge is 2.14. The van der Waals surface area contributed by atoms with Crippen LogP contribution in [0, 0.1) is 12.7 Å². The Morgan fingerprint density at radius 3 is 2.62 bits per heavy atom. The third-order valence-electron chi connectivity index (χ3n) is 4.27. The van der Waals surface area contributed by atoms with Gasteiger partial charge in [-0.1, -0.05) is 38.1 Å². The molecule has 0 aromatic heterocycles. The maximum atomic E-state index is 13.8. The SMILES string of the molecule is COc1ccc(CN(C)CC(=O)Nc2c(C)cccc2C(C)C)cc1F. The van der Waals surface area contributed by atoms with Gasteiger partial charge in [0.05, 0.1) is 13.7 Å². The third kappa shape index (κ3) is 5.05. The van der Waals surface area contributed by atoms with E-state index < -0.39 is 5.82 Å². The van der Waals surface area contributed by atoms with E-state index in [2.05, 4.69) is 19.2 Å². The Morgan fingerprint density at radius 1 is 1.27 bits per heavy atom. The van der Waals surface area contributed by atoms with Crippen molar-refractivity contribution < 1.29 is 13.9 Å². The molecule has 2 aromatic carbocycles. The van der Waals surface area contributed by atoms with E-state index in [0.717, 1.165) is 22.4 Å². The lowest BCUT2D eigenvalue weighted by Crippen LogP contribution is -2.30. The fraction of sp³-hybridized carbons (Fsp3) is 0.381. The Morgan fingerprint density at radius 2 is 2.00 bits per heavy atom. The Kier molecular flexibility index (Phi) is 6.75. The van der Waals surface area contributed by atoms with Gasteiger partial charge in [0.15, 0.2) is 11.6 Å². The maximum absolute atomic E-state index is 13.8. The summed E-state index contributed by atoms with van der Waals surface area (Å²) >= 11 is 0. The summed E-state index contributed by atoms with van der Waals surface area (Å²) in [5.74, 6) is 0.0575. The molecule has 2 rings (SSSR count). The minimum Gasteiger partial charge on any atom is -0.494 e. The molecule has 4 nitrogen and oxygen atoms in total. The molecular formula is C21H27FN2O2. The summed E-state index contributed by atoms with van der Waals surface area (Å²) in [4.78, 5) is 14.3. The first-order chi connectivity index (χ1) is 12.3. The standard InChI is InChI=1S/C21H27FN2O2/c1-14(2)17-8-6-7-15(3)21(17)23-20(25)13-24(4)12-16-9-10-19(26-5)18(22)11-16/h6-11,14H,12-13H2,1-5H3,(H,23,25). The summed E-state index contributed by atoms with van der Waals surface area (Å²) in [6, 6.07) is 10.9. The summed E-state index contributed by atoms with van der Waals surface area (Å²) < 4.78 is 18.7. The second-order valence-electron chi connectivity index (χ2n) is 6.88. The van der Waals surface area contributed by atoms with Crippen LogP contribution in [0.15, 0.2) is 36.4 Å². The van der Waals surface area contributed by atoms with Crippen molar-refractivity contribution in [2.75, 3.05) is 26.0 Å². The first kappa shape index (κ1) is 19.9. The van der Waals surface area contributed by atoms with E-state index in [1.807, 2.05) is 37.1 Å². The van der Waals surface area contributed by atoms with Gasteiger partial charge < -0.3 is 10.1 Å². The number of ether oxygens (including phenoxy) is 1. The second-order valence-corrected chi connectivity index (χ2v) is 6.88. The molecule has 0 unspecified atom stereocenters. The molecule has 0 atom stereocenters. The van der Waals surface area contributed by atoms with E-state index in [0.29, 0.717) is 12.5 Å². The summed E-state index contributed by atoms with van der Waals surface area (Å²) in [7, 11) is 3.27. The molecule has 0 bridgehead atoms. The van der Waals surface area contributed by atoms with Crippen molar-refractivity contribution in [1.82, 2.24) is 4.90 Å². The molecule has 0 saturated heterocycles. The van der Waals surface area contributed by atoms with Crippen LogP contribution in [0.4, 0.5) is 10.1 Å². The normalized spacial score (nSPS) is 11.1. The number of aryl methyl sites for hydroxylation is 1. The minimum atomic E-state index is -0.399.